The third kappa shape index (κ3) is 5.36. The van der Waals surface area contributed by atoms with Crippen molar-refractivity contribution in [2.75, 3.05) is 36.9 Å². The zero-order valence-electron chi connectivity index (χ0n) is 24.9. The quantitative estimate of drug-likeness (QED) is 0.203. The Labute approximate surface area is 262 Å². The number of rotatable bonds is 7. The first-order chi connectivity index (χ1) is 22.1. The number of aromatic nitrogens is 2. The zero-order valence-corrected chi connectivity index (χ0v) is 24.9. The summed E-state index contributed by atoms with van der Waals surface area (Å²) in [6.07, 6.45) is 2.45. The lowest BCUT2D eigenvalue weighted by atomic mass is 9.94. The second-order valence-electron chi connectivity index (χ2n) is 12.3. The summed E-state index contributed by atoms with van der Waals surface area (Å²) in [6.45, 7) is 4.88. The van der Waals surface area contributed by atoms with Gasteiger partial charge in [-0.05, 0) is 73.2 Å². The second-order valence-corrected chi connectivity index (χ2v) is 12.3. The number of carbonyl (C=O) groups is 1. The van der Waals surface area contributed by atoms with Crippen molar-refractivity contribution in [3.8, 4) is 23.2 Å². The molecule has 0 unspecified atom stereocenters. The molecule has 2 aliphatic heterocycles. The van der Waals surface area contributed by atoms with E-state index in [2.05, 4.69) is 18.0 Å². The van der Waals surface area contributed by atoms with Gasteiger partial charge in [0.2, 0.25) is 5.91 Å². The number of nitrogen functional groups attached to an aromatic ring is 1. The summed E-state index contributed by atoms with van der Waals surface area (Å²) in [5.41, 5.74) is 6.33. The average molecular weight is 632 g/mol. The lowest BCUT2D eigenvalue weighted by Gasteiger charge is -2.41. The number of halogens is 3. The van der Waals surface area contributed by atoms with E-state index >= 15 is 0 Å². The van der Waals surface area contributed by atoms with Crippen LogP contribution >= 0.6 is 0 Å². The zero-order chi connectivity index (χ0) is 32.2. The van der Waals surface area contributed by atoms with Crippen molar-refractivity contribution in [3.63, 3.8) is 0 Å². The summed E-state index contributed by atoms with van der Waals surface area (Å²) >= 11 is 0. The molecule has 238 valence electrons. The second kappa shape index (κ2) is 11.2. The topological polar surface area (TPSA) is 134 Å². The number of nitrogens with two attached hydrogens (primary N) is 1. The van der Waals surface area contributed by atoms with Crippen LogP contribution in [0.2, 0.25) is 0 Å². The Balaban J connectivity index is 1.36. The highest BCUT2D eigenvalue weighted by Gasteiger charge is 2.48. The Kier molecular flexibility index (Phi) is 7.27. The van der Waals surface area contributed by atoms with Gasteiger partial charge >= 0.3 is 12.2 Å². The van der Waals surface area contributed by atoms with E-state index in [1.54, 1.807) is 17.0 Å². The van der Waals surface area contributed by atoms with E-state index in [1.807, 2.05) is 4.90 Å². The van der Waals surface area contributed by atoms with Crippen LogP contribution in [0.25, 0.3) is 33.0 Å². The van der Waals surface area contributed by atoms with Gasteiger partial charge in [-0.15, -0.1) is 0 Å². The number of nitrogens with one attached hydrogen (secondary N) is 1. The van der Waals surface area contributed by atoms with Gasteiger partial charge in [-0.25, -0.2) is 0 Å². The van der Waals surface area contributed by atoms with Crippen molar-refractivity contribution in [1.82, 2.24) is 20.2 Å². The van der Waals surface area contributed by atoms with Gasteiger partial charge in [0.15, 0.2) is 0 Å². The maximum absolute atomic E-state index is 14.2. The molecule has 46 heavy (non-hydrogen) atoms. The number of hydrogen-bond acceptors (Lipinski definition) is 9. The fourth-order valence-corrected chi connectivity index (χ4v) is 6.85. The molecular weight excluding hydrogens is 599 g/mol. The molecule has 1 amide bonds. The molecule has 3 aliphatic rings. The maximum Gasteiger partial charge on any atom is 0.417 e. The molecule has 2 aromatic carbocycles. The first-order valence-electron chi connectivity index (χ1n) is 15.2. The van der Waals surface area contributed by atoms with E-state index in [9.17, 15) is 23.2 Å². The van der Waals surface area contributed by atoms with E-state index in [0.717, 1.165) is 31.7 Å². The third-order valence-corrected chi connectivity index (χ3v) is 9.32. The van der Waals surface area contributed by atoms with Crippen molar-refractivity contribution in [3.05, 3.63) is 54.8 Å². The van der Waals surface area contributed by atoms with Crippen LogP contribution in [-0.2, 0) is 11.0 Å². The minimum Gasteiger partial charge on any atom is -0.463 e. The Morgan fingerprint density at radius 1 is 1.22 bits per heavy atom. The molecule has 0 bridgehead atoms. The number of fused-ring (bicyclic) bond motifs is 3. The van der Waals surface area contributed by atoms with E-state index in [4.69, 9.17) is 24.9 Å². The first kappa shape index (κ1) is 29.9. The summed E-state index contributed by atoms with van der Waals surface area (Å²) in [4.78, 5) is 25.7. The molecule has 2 saturated heterocycles. The molecule has 13 heteroatoms. The highest BCUT2D eigenvalue weighted by atomic mass is 19.4. The molecule has 4 aromatic rings. The minimum absolute atomic E-state index is 0.0722. The number of alkyl halides is 3. The number of carbonyl (C=O) groups excluding carboxylic acids is 1. The van der Waals surface area contributed by atoms with Crippen molar-refractivity contribution in [1.29, 1.82) is 5.26 Å². The van der Waals surface area contributed by atoms with E-state index < -0.39 is 17.8 Å². The Morgan fingerprint density at radius 3 is 2.76 bits per heavy atom. The largest absolute Gasteiger partial charge is 0.463 e. The monoisotopic (exact) mass is 631 g/mol. The molecular formula is C33H32F3N7O3. The van der Waals surface area contributed by atoms with Gasteiger partial charge in [-0.1, -0.05) is 6.58 Å². The Bertz CT molecular complexity index is 1900. The molecule has 1 saturated carbocycles. The normalized spacial score (nSPS) is 20.7. The fourth-order valence-electron chi connectivity index (χ4n) is 6.85. The summed E-state index contributed by atoms with van der Waals surface area (Å²) in [7, 11) is 0. The van der Waals surface area contributed by atoms with Gasteiger partial charge in [0, 0.05) is 42.3 Å². The first-order valence-corrected chi connectivity index (χ1v) is 15.2. The van der Waals surface area contributed by atoms with Gasteiger partial charge < -0.3 is 30.0 Å². The summed E-state index contributed by atoms with van der Waals surface area (Å²) in [5.74, 6) is 0.177. The fraction of sp³-hybridized carbons (Fsp3) is 0.394. The number of benzene rings is 2. The smallest absolute Gasteiger partial charge is 0.417 e. The SMILES string of the molecule is C=CC(=O)N1CCN(c2nc(OC[C@@H]3CCC4(CC4)N3)nc3cc(-c4cc(N)ccc4C(F)(F)F)c4ccoc4c23)C[C@@H]1CC#N. The lowest BCUT2D eigenvalue weighted by molar-refractivity contribution is -0.137. The Morgan fingerprint density at radius 2 is 2.04 bits per heavy atom. The molecule has 4 heterocycles. The highest BCUT2D eigenvalue weighted by Crippen LogP contribution is 2.46. The standard InChI is InChI=1S/C33H32F3N7O3/c1-2-27(44)43-13-12-42(17-21(43)6-11-37)30-28-26(39-31(40-30)46-18-20-5-8-32(41-20)9-10-32)16-23(22-7-14-45-29(22)28)24-15-19(38)3-4-25(24)33(34,35)36/h2-4,7,14-16,20-21,41H,1,5-6,8-10,12-13,17-18,38H2/t20-,21-/m0/s1. The Hall–Kier alpha value is -4.83. The van der Waals surface area contributed by atoms with Crippen molar-refractivity contribution < 1.29 is 27.1 Å². The predicted octanol–water partition coefficient (Wildman–Crippen LogP) is 5.42. The number of furan rings is 1. The van der Waals surface area contributed by atoms with Gasteiger partial charge in [-0.2, -0.15) is 28.4 Å². The molecule has 7 rings (SSSR count). The molecule has 1 aliphatic carbocycles. The van der Waals surface area contributed by atoms with Crippen LogP contribution in [0.15, 0.2) is 53.7 Å². The van der Waals surface area contributed by atoms with E-state index in [-0.39, 0.29) is 53.3 Å². The molecule has 10 nitrogen and oxygen atoms in total. The summed E-state index contributed by atoms with van der Waals surface area (Å²) in [5, 5.41) is 14.1. The van der Waals surface area contributed by atoms with E-state index in [0.29, 0.717) is 47.4 Å². The van der Waals surface area contributed by atoms with Crippen LogP contribution in [0.1, 0.15) is 37.7 Å². The van der Waals surface area contributed by atoms with E-state index in [1.165, 1.54) is 24.5 Å². The minimum atomic E-state index is -4.63. The molecule has 2 atom stereocenters. The predicted molar refractivity (Wildman–Crippen MR) is 166 cm³/mol. The molecule has 2 aromatic heterocycles. The van der Waals surface area contributed by atoms with Crippen LogP contribution in [0.4, 0.5) is 24.7 Å². The highest BCUT2D eigenvalue weighted by molar-refractivity contribution is 6.14. The maximum atomic E-state index is 14.2. The number of hydrogen-bond donors (Lipinski definition) is 2. The van der Waals surface area contributed by atoms with Gasteiger partial charge in [0.1, 0.15) is 18.0 Å². The lowest BCUT2D eigenvalue weighted by Crippen LogP contribution is -2.55. The molecule has 3 N–H and O–H groups in total. The number of nitrogens with zero attached hydrogens (tertiary/aromatic N) is 5. The number of piperazine rings is 1. The van der Waals surface area contributed by atoms with Crippen molar-refractivity contribution in [2.24, 2.45) is 0 Å². The van der Waals surface area contributed by atoms with Crippen LogP contribution in [-0.4, -0.2) is 64.6 Å². The van der Waals surface area contributed by atoms with Crippen molar-refractivity contribution in [2.45, 2.75) is 55.9 Å². The summed E-state index contributed by atoms with van der Waals surface area (Å²) < 4.78 is 54.8. The number of ether oxygens (including phenoxy) is 1. The third-order valence-electron chi connectivity index (χ3n) is 9.32. The number of anilines is 2. The van der Waals surface area contributed by atoms with Crippen LogP contribution in [0.3, 0.4) is 0 Å². The molecule has 0 radical (unpaired) electrons. The number of amides is 1. The molecule has 1 spiro atoms. The van der Waals surface area contributed by atoms with Crippen LogP contribution in [0.5, 0.6) is 6.01 Å². The number of nitriles is 1. The van der Waals surface area contributed by atoms with Gasteiger partial charge in [0.25, 0.3) is 0 Å². The van der Waals surface area contributed by atoms with Gasteiger partial charge in [-0.3, -0.25) is 4.79 Å². The summed E-state index contributed by atoms with van der Waals surface area (Å²) in [6, 6.07) is 8.63. The van der Waals surface area contributed by atoms with Crippen LogP contribution in [0, 0.1) is 11.3 Å². The van der Waals surface area contributed by atoms with Crippen LogP contribution < -0.4 is 20.7 Å². The molecule has 3 fully saturated rings. The van der Waals surface area contributed by atoms with Gasteiger partial charge in [0.05, 0.1) is 41.3 Å². The van der Waals surface area contributed by atoms with Crippen molar-refractivity contribution >= 4 is 39.3 Å². The average Bonchev–Trinajstić information content (AvgIpc) is 3.40.